The Kier molecular flexibility index (Phi) is 3.78. The van der Waals surface area contributed by atoms with E-state index in [0.29, 0.717) is 13.2 Å². The molecule has 13 heavy (non-hydrogen) atoms. The lowest BCUT2D eigenvalue weighted by atomic mass is 10.1. The van der Waals surface area contributed by atoms with Crippen LogP contribution in [-0.2, 0) is 9.53 Å². The first-order chi connectivity index (χ1) is 6.25. The molecule has 1 atom stereocenters. The Morgan fingerprint density at radius 2 is 2.46 bits per heavy atom. The van der Waals surface area contributed by atoms with Gasteiger partial charge >= 0.3 is 0 Å². The highest BCUT2D eigenvalue weighted by Crippen LogP contribution is 2.14. The molecule has 1 unspecified atom stereocenters. The van der Waals surface area contributed by atoms with Gasteiger partial charge in [0, 0.05) is 13.7 Å². The second-order valence-electron chi connectivity index (χ2n) is 3.25. The molecule has 1 fully saturated rings. The molecule has 1 saturated heterocycles. The van der Waals surface area contributed by atoms with Crippen LogP contribution in [0.5, 0.6) is 0 Å². The summed E-state index contributed by atoms with van der Waals surface area (Å²) in [5, 5.41) is 0. The van der Waals surface area contributed by atoms with Crippen molar-refractivity contribution >= 4 is 5.91 Å². The van der Waals surface area contributed by atoms with Crippen LogP contribution in [0.4, 0.5) is 0 Å². The van der Waals surface area contributed by atoms with Gasteiger partial charge in [0.1, 0.15) is 6.10 Å². The molecule has 0 aliphatic carbocycles. The van der Waals surface area contributed by atoms with Crippen molar-refractivity contribution in [2.45, 2.75) is 25.4 Å². The molecule has 1 aliphatic heterocycles. The lowest BCUT2D eigenvalue weighted by molar-refractivity contribution is -0.144. The number of ether oxygens (including phenoxy) is 1. The molecule has 0 bridgehead atoms. The van der Waals surface area contributed by atoms with Crippen molar-refractivity contribution in [1.82, 2.24) is 4.90 Å². The number of likely N-dealkylation sites (N-methyl/N-ethyl adjacent to an activating group) is 1. The summed E-state index contributed by atoms with van der Waals surface area (Å²) in [5.41, 5.74) is 0. The van der Waals surface area contributed by atoms with Crippen molar-refractivity contribution < 1.29 is 9.53 Å². The fourth-order valence-electron chi connectivity index (χ4n) is 1.40. The van der Waals surface area contributed by atoms with Crippen LogP contribution >= 0.6 is 0 Å². The third-order valence-corrected chi connectivity index (χ3v) is 2.16. The van der Waals surface area contributed by atoms with Gasteiger partial charge in [-0.15, -0.1) is 6.42 Å². The van der Waals surface area contributed by atoms with Crippen LogP contribution in [0.3, 0.4) is 0 Å². The molecule has 0 aromatic rings. The third kappa shape index (κ3) is 2.74. The van der Waals surface area contributed by atoms with E-state index >= 15 is 0 Å². The number of hydrogen-bond donors (Lipinski definition) is 0. The number of rotatable bonds is 2. The molecule has 0 aromatic heterocycles. The summed E-state index contributed by atoms with van der Waals surface area (Å²) in [6.45, 7) is 1.05. The van der Waals surface area contributed by atoms with Gasteiger partial charge in [0.25, 0.3) is 5.91 Å². The van der Waals surface area contributed by atoms with Gasteiger partial charge in [0.05, 0.1) is 6.54 Å². The molecule has 72 valence electrons. The smallest absolute Gasteiger partial charge is 0.252 e. The standard InChI is InChI=1S/C10H15NO2/c1-3-7-11(2)10(12)9-6-4-5-8-13-9/h1,9H,4-8H2,2H3. The molecule has 3 nitrogen and oxygen atoms in total. The second kappa shape index (κ2) is 4.88. The lowest BCUT2D eigenvalue weighted by Gasteiger charge is -2.25. The maximum absolute atomic E-state index is 11.6. The summed E-state index contributed by atoms with van der Waals surface area (Å²) >= 11 is 0. The van der Waals surface area contributed by atoms with E-state index in [9.17, 15) is 4.79 Å². The summed E-state index contributed by atoms with van der Waals surface area (Å²) in [5.74, 6) is 2.45. The van der Waals surface area contributed by atoms with Crippen LogP contribution in [0, 0.1) is 12.3 Å². The number of nitrogens with zero attached hydrogens (tertiary/aromatic N) is 1. The third-order valence-electron chi connectivity index (χ3n) is 2.16. The van der Waals surface area contributed by atoms with Gasteiger partial charge in [-0.05, 0) is 19.3 Å². The van der Waals surface area contributed by atoms with Crippen molar-refractivity contribution in [3.8, 4) is 12.3 Å². The number of hydrogen-bond acceptors (Lipinski definition) is 2. The highest BCUT2D eigenvalue weighted by Gasteiger charge is 2.24. The second-order valence-corrected chi connectivity index (χ2v) is 3.25. The topological polar surface area (TPSA) is 29.5 Å². The molecule has 0 spiro atoms. The first kappa shape index (κ1) is 10.1. The van der Waals surface area contributed by atoms with E-state index in [2.05, 4.69) is 5.92 Å². The maximum atomic E-state index is 11.6. The SMILES string of the molecule is C#CCN(C)C(=O)C1CCCCO1. The fraction of sp³-hybridized carbons (Fsp3) is 0.700. The number of carbonyl (C=O) groups excluding carboxylic acids is 1. The molecule has 0 radical (unpaired) electrons. The van der Waals surface area contributed by atoms with E-state index in [0.717, 1.165) is 19.3 Å². The van der Waals surface area contributed by atoms with Gasteiger partial charge in [-0.1, -0.05) is 5.92 Å². The van der Waals surface area contributed by atoms with Crippen LogP contribution in [0.15, 0.2) is 0 Å². The van der Waals surface area contributed by atoms with Crippen LogP contribution in [0.25, 0.3) is 0 Å². The van der Waals surface area contributed by atoms with Crippen molar-refractivity contribution in [3.05, 3.63) is 0 Å². The van der Waals surface area contributed by atoms with Gasteiger partial charge in [-0.25, -0.2) is 0 Å². The summed E-state index contributed by atoms with van der Waals surface area (Å²) in [6, 6.07) is 0. The van der Waals surface area contributed by atoms with E-state index in [-0.39, 0.29) is 12.0 Å². The Labute approximate surface area is 79.1 Å². The van der Waals surface area contributed by atoms with E-state index < -0.39 is 0 Å². The average molecular weight is 181 g/mol. The zero-order valence-electron chi connectivity index (χ0n) is 7.95. The van der Waals surface area contributed by atoms with Crippen LogP contribution < -0.4 is 0 Å². The molecular formula is C10H15NO2. The van der Waals surface area contributed by atoms with Crippen molar-refractivity contribution in [3.63, 3.8) is 0 Å². The quantitative estimate of drug-likeness (QED) is 0.585. The minimum absolute atomic E-state index is 0.0117. The van der Waals surface area contributed by atoms with E-state index in [1.807, 2.05) is 0 Å². The number of terminal acetylenes is 1. The molecule has 1 rings (SSSR count). The molecular weight excluding hydrogens is 166 g/mol. The summed E-state index contributed by atoms with van der Waals surface area (Å²) in [4.78, 5) is 13.1. The summed E-state index contributed by atoms with van der Waals surface area (Å²) < 4.78 is 5.35. The minimum Gasteiger partial charge on any atom is -0.368 e. The molecule has 3 heteroatoms. The molecule has 1 aliphatic rings. The number of amides is 1. The predicted octanol–water partition coefficient (Wildman–Crippen LogP) is 0.647. The molecule has 1 heterocycles. The molecule has 1 amide bonds. The predicted molar refractivity (Wildman–Crippen MR) is 50.1 cm³/mol. The molecule has 0 N–H and O–H groups in total. The highest BCUT2D eigenvalue weighted by atomic mass is 16.5. The van der Waals surface area contributed by atoms with Crippen LogP contribution in [0.2, 0.25) is 0 Å². The minimum atomic E-state index is -0.257. The summed E-state index contributed by atoms with van der Waals surface area (Å²) in [6.07, 6.45) is 7.81. The van der Waals surface area contributed by atoms with Crippen molar-refractivity contribution in [2.24, 2.45) is 0 Å². The zero-order chi connectivity index (χ0) is 9.68. The Morgan fingerprint density at radius 3 is 3.00 bits per heavy atom. The largest absolute Gasteiger partial charge is 0.368 e. The maximum Gasteiger partial charge on any atom is 0.252 e. The van der Waals surface area contributed by atoms with Gasteiger partial charge in [0.15, 0.2) is 0 Å². The van der Waals surface area contributed by atoms with E-state index in [1.165, 1.54) is 4.90 Å². The normalized spacial score (nSPS) is 22.0. The first-order valence-corrected chi connectivity index (χ1v) is 4.55. The summed E-state index contributed by atoms with van der Waals surface area (Å²) in [7, 11) is 1.71. The van der Waals surface area contributed by atoms with Gasteiger partial charge < -0.3 is 9.64 Å². The van der Waals surface area contributed by atoms with Gasteiger partial charge in [-0.2, -0.15) is 0 Å². The number of carbonyl (C=O) groups is 1. The Bertz CT molecular complexity index is 213. The van der Waals surface area contributed by atoms with Crippen molar-refractivity contribution in [2.75, 3.05) is 20.2 Å². The van der Waals surface area contributed by atoms with Crippen molar-refractivity contribution in [1.29, 1.82) is 0 Å². The van der Waals surface area contributed by atoms with E-state index in [1.54, 1.807) is 7.05 Å². The monoisotopic (exact) mass is 181 g/mol. The van der Waals surface area contributed by atoms with Gasteiger partial charge in [-0.3, -0.25) is 4.79 Å². The average Bonchev–Trinajstić information content (AvgIpc) is 2.18. The Morgan fingerprint density at radius 1 is 1.69 bits per heavy atom. The Balaban J connectivity index is 2.41. The lowest BCUT2D eigenvalue weighted by Crippen LogP contribution is -2.39. The van der Waals surface area contributed by atoms with Gasteiger partial charge in [0.2, 0.25) is 0 Å². The van der Waals surface area contributed by atoms with Crippen LogP contribution in [-0.4, -0.2) is 37.1 Å². The highest BCUT2D eigenvalue weighted by molar-refractivity contribution is 5.80. The zero-order valence-corrected chi connectivity index (χ0v) is 7.95. The first-order valence-electron chi connectivity index (χ1n) is 4.55. The van der Waals surface area contributed by atoms with E-state index in [4.69, 9.17) is 11.2 Å². The van der Waals surface area contributed by atoms with Crippen LogP contribution in [0.1, 0.15) is 19.3 Å². The Hall–Kier alpha value is -1.01. The molecule has 0 aromatic carbocycles. The molecule has 0 saturated carbocycles. The fourth-order valence-corrected chi connectivity index (χ4v) is 1.40.